The standard InChI is InChI=1S/C9H7F3O.C2H6/c1-5(13)6-3-2-4-7(8(6)10)9(11)12;1-2/h2-4,9H,1H3;1-2H3. The topological polar surface area (TPSA) is 17.1 Å². The summed E-state index contributed by atoms with van der Waals surface area (Å²) in [5.41, 5.74) is -1.02. The Balaban J connectivity index is 0.000000921. The van der Waals surface area contributed by atoms with Gasteiger partial charge in [0.1, 0.15) is 5.82 Å². The lowest BCUT2D eigenvalue weighted by Gasteiger charge is -2.04. The molecule has 0 heterocycles. The van der Waals surface area contributed by atoms with Crippen LogP contribution in [0.5, 0.6) is 0 Å². The van der Waals surface area contributed by atoms with Crippen molar-refractivity contribution >= 4 is 5.78 Å². The maximum Gasteiger partial charge on any atom is 0.266 e. The number of halogens is 3. The minimum Gasteiger partial charge on any atom is -0.294 e. The Hall–Kier alpha value is -1.32. The Morgan fingerprint density at radius 3 is 2.20 bits per heavy atom. The van der Waals surface area contributed by atoms with Gasteiger partial charge in [-0.1, -0.05) is 26.0 Å². The fourth-order valence-electron chi connectivity index (χ4n) is 0.990. The number of alkyl halides is 2. The minimum atomic E-state index is -2.89. The molecule has 0 aromatic heterocycles. The van der Waals surface area contributed by atoms with E-state index >= 15 is 0 Å². The fourth-order valence-corrected chi connectivity index (χ4v) is 0.990. The molecule has 1 aromatic carbocycles. The third-order valence-electron chi connectivity index (χ3n) is 1.64. The first-order valence-corrected chi connectivity index (χ1v) is 4.61. The van der Waals surface area contributed by atoms with E-state index in [9.17, 15) is 18.0 Å². The first-order chi connectivity index (χ1) is 7.04. The fraction of sp³-hybridized carbons (Fsp3) is 0.364. The first kappa shape index (κ1) is 13.7. The molecular formula is C11H13F3O. The molecule has 0 saturated heterocycles. The Kier molecular flexibility index (Phi) is 5.67. The van der Waals surface area contributed by atoms with Crippen LogP contribution < -0.4 is 0 Å². The van der Waals surface area contributed by atoms with Crippen molar-refractivity contribution in [3.8, 4) is 0 Å². The lowest BCUT2D eigenvalue weighted by atomic mass is 10.1. The van der Waals surface area contributed by atoms with Crippen LogP contribution in [-0.4, -0.2) is 5.78 Å². The van der Waals surface area contributed by atoms with Crippen LogP contribution in [0, 0.1) is 5.82 Å². The summed E-state index contributed by atoms with van der Waals surface area (Å²) < 4.78 is 37.3. The van der Waals surface area contributed by atoms with Crippen LogP contribution in [-0.2, 0) is 0 Å². The zero-order chi connectivity index (χ0) is 12.0. The van der Waals surface area contributed by atoms with Crippen molar-refractivity contribution in [3.05, 3.63) is 35.1 Å². The molecule has 0 aliphatic carbocycles. The van der Waals surface area contributed by atoms with E-state index < -0.39 is 23.6 Å². The molecule has 0 aliphatic heterocycles. The molecule has 1 aromatic rings. The molecule has 0 atom stereocenters. The molecule has 0 radical (unpaired) electrons. The van der Waals surface area contributed by atoms with Crippen molar-refractivity contribution in [3.63, 3.8) is 0 Å². The third kappa shape index (κ3) is 3.38. The van der Waals surface area contributed by atoms with E-state index in [1.165, 1.54) is 12.1 Å². The minimum absolute atomic E-state index is 0.294. The zero-order valence-electron chi connectivity index (χ0n) is 8.85. The molecule has 0 saturated carbocycles. The number of ketones is 1. The summed E-state index contributed by atoms with van der Waals surface area (Å²) in [6.45, 7) is 5.13. The maximum absolute atomic E-state index is 13.1. The van der Waals surface area contributed by atoms with Gasteiger partial charge in [0.25, 0.3) is 6.43 Å². The number of Topliss-reactive ketones (excluding diaryl/α,β-unsaturated/α-hetero) is 1. The van der Waals surface area contributed by atoms with Crippen LogP contribution in [0.3, 0.4) is 0 Å². The average molecular weight is 218 g/mol. The highest BCUT2D eigenvalue weighted by atomic mass is 19.3. The second-order valence-electron chi connectivity index (χ2n) is 2.57. The molecule has 0 fully saturated rings. The number of hydrogen-bond donors (Lipinski definition) is 0. The highest BCUT2D eigenvalue weighted by molar-refractivity contribution is 5.94. The SMILES string of the molecule is CC.CC(=O)c1cccc(C(F)F)c1F. The van der Waals surface area contributed by atoms with Gasteiger partial charge in [0.2, 0.25) is 0 Å². The Labute approximate surface area is 86.9 Å². The molecule has 1 nitrogen and oxygen atoms in total. The maximum atomic E-state index is 13.1. The van der Waals surface area contributed by atoms with Crippen molar-refractivity contribution in [2.45, 2.75) is 27.2 Å². The second-order valence-corrected chi connectivity index (χ2v) is 2.57. The Bertz CT molecular complexity index is 335. The number of carbonyl (C=O) groups is 1. The van der Waals surface area contributed by atoms with E-state index in [-0.39, 0.29) is 5.56 Å². The van der Waals surface area contributed by atoms with Crippen molar-refractivity contribution in [1.82, 2.24) is 0 Å². The Morgan fingerprint density at radius 2 is 1.80 bits per heavy atom. The molecule has 0 spiro atoms. The Morgan fingerprint density at radius 1 is 1.27 bits per heavy atom. The molecule has 4 heteroatoms. The number of carbonyl (C=O) groups excluding carboxylic acids is 1. The summed E-state index contributed by atoms with van der Waals surface area (Å²) in [7, 11) is 0. The molecule has 15 heavy (non-hydrogen) atoms. The van der Waals surface area contributed by atoms with Gasteiger partial charge in [0, 0.05) is 0 Å². The van der Waals surface area contributed by atoms with Gasteiger partial charge in [0.15, 0.2) is 5.78 Å². The summed E-state index contributed by atoms with van der Waals surface area (Å²) in [5, 5.41) is 0. The van der Waals surface area contributed by atoms with Gasteiger partial charge < -0.3 is 0 Å². The molecule has 0 aliphatic rings. The van der Waals surface area contributed by atoms with Crippen molar-refractivity contribution in [1.29, 1.82) is 0 Å². The smallest absolute Gasteiger partial charge is 0.266 e. The van der Waals surface area contributed by atoms with Crippen LogP contribution in [0.15, 0.2) is 18.2 Å². The lowest BCUT2D eigenvalue weighted by molar-refractivity contribution is 0.101. The van der Waals surface area contributed by atoms with Crippen LogP contribution in [0.1, 0.15) is 43.1 Å². The molecule has 84 valence electrons. The largest absolute Gasteiger partial charge is 0.294 e. The van der Waals surface area contributed by atoms with Gasteiger partial charge in [0.05, 0.1) is 11.1 Å². The normalized spacial score (nSPS) is 9.53. The predicted octanol–water partition coefficient (Wildman–Crippen LogP) is 3.99. The summed E-state index contributed by atoms with van der Waals surface area (Å²) in [4.78, 5) is 10.8. The number of rotatable bonds is 2. The molecule has 0 N–H and O–H groups in total. The van der Waals surface area contributed by atoms with Gasteiger partial charge in [-0.3, -0.25) is 4.79 Å². The van der Waals surface area contributed by atoms with E-state index in [4.69, 9.17) is 0 Å². The molecule has 0 unspecified atom stereocenters. The van der Waals surface area contributed by atoms with Gasteiger partial charge in [-0.25, -0.2) is 13.2 Å². The average Bonchev–Trinajstić information content (AvgIpc) is 2.20. The third-order valence-corrected chi connectivity index (χ3v) is 1.64. The highest BCUT2D eigenvalue weighted by Crippen LogP contribution is 2.23. The molecular weight excluding hydrogens is 205 g/mol. The summed E-state index contributed by atoms with van der Waals surface area (Å²) in [6, 6.07) is 3.39. The zero-order valence-corrected chi connectivity index (χ0v) is 8.85. The van der Waals surface area contributed by atoms with E-state index in [1.807, 2.05) is 13.8 Å². The summed E-state index contributed by atoms with van der Waals surface area (Å²) in [5.74, 6) is -1.68. The highest BCUT2D eigenvalue weighted by Gasteiger charge is 2.17. The van der Waals surface area contributed by atoms with E-state index in [2.05, 4.69) is 0 Å². The molecule has 0 amide bonds. The van der Waals surface area contributed by atoms with Gasteiger partial charge >= 0.3 is 0 Å². The number of hydrogen-bond acceptors (Lipinski definition) is 1. The summed E-state index contributed by atoms with van der Waals surface area (Å²) >= 11 is 0. The van der Waals surface area contributed by atoms with E-state index in [0.717, 1.165) is 13.0 Å². The summed E-state index contributed by atoms with van der Waals surface area (Å²) in [6.07, 6.45) is -2.89. The van der Waals surface area contributed by atoms with Gasteiger partial charge in [-0.15, -0.1) is 0 Å². The van der Waals surface area contributed by atoms with Crippen LogP contribution in [0.4, 0.5) is 13.2 Å². The van der Waals surface area contributed by atoms with Crippen molar-refractivity contribution < 1.29 is 18.0 Å². The lowest BCUT2D eigenvalue weighted by Crippen LogP contribution is -2.01. The predicted molar refractivity (Wildman–Crippen MR) is 52.7 cm³/mol. The first-order valence-electron chi connectivity index (χ1n) is 4.61. The van der Waals surface area contributed by atoms with E-state index in [1.54, 1.807) is 0 Å². The molecule has 1 rings (SSSR count). The molecule has 0 bridgehead atoms. The quantitative estimate of drug-likeness (QED) is 0.686. The van der Waals surface area contributed by atoms with Crippen molar-refractivity contribution in [2.75, 3.05) is 0 Å². The monoisotopic (exact) mass is 218 g/mol. The second kappa shape index (κ2) is 6.22. The van der Waals surface area contributed by atoms with E-state index in [0.29, 0.717) is 0 Å². The van der Waals surface area contributed by atoms with Crippen LogP contribution in [0.2, 0.25) is 0 Å². The van der Waals surface area contributed by atoms with Crippen LogP contribution >= 0.6 is 0 Å². The number of benzene rings is 1. The van der Waals surface area contributed by atoms with Gasteiger partial charge in [-0.2, -0.15) is 0 Å². The van der Waals surface area contributed by atoms with Gasteiger partial charge in [-0.05, 0) is 13.0 Å². The van der Waals surface area contributed by atoms with Crippen LogP contribution in [0.25, 0.3) is 0 Å². The van der Waals surface area contributed by atoms with Crippen molar-refractivity contribution in [2.24, 2.45) is 0 Å².